The monoisotopic (exact) mass is 338 g/mol. The highest BCUT2D eigenvalue weighted by Crippen LogP contribution is 2.14. The molecule has 0 spiro atoms. The van der Waals surface area contributed by atoms with E-state index in [-0.39, 0.29) is 6.10 Å². The fraction of sp³-hybridized carbons (Fsp3) is 0.381. The van der Waals surface area contributed by atoms with Crippen molar-refractivity contribution >= 4 is 6.47 Å². The van der Waals surface area contributed by atoms with E-state index >= 15 is 0 Å². The molecule has 25 heavy (non-hydrogen) atoms. The van der Waals surface area contributed by atoms with Gasteiger partial charge in [-0.05, 0) is 11.1 Å². The molecule has 1 heterocycles. The van der Waals surface area contributed by atoms with Crippen molar-refractivity contribution in [3.8, 4) is 0 Å². The van der Waals surface area contributed by atoms with Gasteiger partial charge in [-0.1, -0.05) is 60.7 Å². The zero-order chi connectivity index (χ0) is 17.3. The number of carbonyl (C=O) groups excluding carboxylic acids is 1. The number of nitrogens with zero attached hydrogens (tertiary/aromatic N) is 1. The number of benzene rings is 2. The molecule has 3 rings (SSSR count). The van der Waals surface area contributed by atoms with Crippen molar-refractivity contribution < 1.29 is 9.53 Å². The Morgan fingerprint density at radius 2 is 1.76 bits per heavy atom. The molecular weight excluding hydrogens is 312 g/mol. The van der Waals surface area contributed by atoms with Crippen molar-refractivity contribution in [2.24, 2.45) is 0 Å². The van der Waals surface area contributed by atoms with Crippen LogP contribution in [-0.2, 0) is 22.5 Å². The maximum absolute atomic E-state index is 10.9. The molecular formula is C21H26N2O2. The van der Waals surface area contributed by atoms with Crippen molar-refractivity contribution in [1.82, 2.24) is 10.2 Å². The lowest BCUT2D eigenvalue weighted by Crippen LogP contribution is -2.51. The summed E-state index contributed by atoms with van der Waals surface area (Å²) in [5.74, 6) is 0. The van der Waals surface area contributed by atoms with Gasteiger partial charge in [-0.3, -0.25) is 9.69 Å². The van der Waals surface area contributed by atoms with Crippen LogP contribution in [-0.4, -0.2) is 43.2 Å². The summed E-state index contributed by atoms with van der Waals surface area (Å²) in [6, 6.07) is 21.1. The zero-order valence-corrected chi connectivity index (χ0v) is 14.5. The summed E-state index contributed by atoms with van der Waals surface area (Å²) in [7, 11) is 0. The molecule has 1 saturated heterocycles. The Morgan fingerprint density at radius 3 is 2.44 bits per heavy atom. The normalized spacial score (nSPS) is 19.3. The van der Waals surface area contributed by atoms with Gasteiger partial charge < -0.3 is 10.1 Å². The Morgan fingerprint density at radius 1 is 1.08 bits per heavy atom. The molecule has 1 fully saturated rings. The average molecular weight is 338 g/mol. The van der Waals surface area contributed by atoms with Gasteiger partial charge in [0.25, 0.3) is 6.47 Å². The molecule has 0 bridgehead atoms. The van der Waals surface area contributed by atoms with Crippen LogP contribution in [0, 0.1) is 0 Å². The van der Waals surface area contributed by atoms with Crippen molar-refractivity contribution in [3.05, 3.63) is 71.8 Å². The largest absolute Gasteiger partial charge is 0.464 e. The van der Waals surface area contributed by atoms with Gasteiger partial charge in [0.2, 0.25) is 0 Å². The SMILES string of the molecule is O=COC(Cc1ccccc1)CC1CN(Cc2ccccc2)CCN1. The number of hydrogen-bond donors (Lipinski definition) is 1. The van der Waals surface area contributed by atoms with Crippen LogP contribution in [0.2, 0.25) is 0 Å². The van der Waals surface area contributed by atoms with Crippen LogP contribution in [0.1, 0.15) is 17.5 Å². The summed E-state index contributed by atoms with van der Waals surface area (Å²) in [6.45, 7) is 4.54. The maximum Gasteiger partial charge on any atom is 0.293 e. The molecule has 0 amide bonds. The van der Waals surface area contributed by atoms with Crippen LogP contribution in [0.5, 0.6) is 0 Å². The molecule has 1 aliphatic rings. The maximum atomic E-state index is 10.9. The first kappa shape index (κ1) is 17.6. The average Bonchev–Trinajstić information content (AvgIpc) is 2.64. The highest BCUT2D eigenvalue weighted by atomic mass is 16.5. The van der Waals surface area contributed by atoms with E-state index in [2.05, 4.69) is 52.7 Å². The molecule has 132 valence electrons. The van der Waals surface area contributed by atoms with E-state index in [1.165, 1.54) is 11.1 Å². The zero-order valence-electron chi connectivity index (χ0n) is 14.5. The van der Waals surface area contributed by atoms with Gasteiger partial charge in [-0.25, -0.2) is 0 Å². The van der Waals surface area contributed by atoms with Gasteiger partial charge in [0.15, 0.2) is 0 Å². The Bertz CT molecular complexity index is 633. The standard InChI is InChI=1S/C21H26N2O2/c24-17-25-21(13-18-7-3-1-4-8-18)14-20-16-23(12-11-22-20)15-19-9-5-2-6-10-19/h1-10,17,20-22H,11-16H2. The Balaban J connectivity index is 1.55. The van der Waals surface area contributed by atoms with E-state index in [9.17, 15) is 4.79 Å². The van der Waals surface area contributed by atoms with Crippen LogP contribution in [0.15, 0.2) is 60.7 Å². The van der Waals surface area contributed by atoms with E-state index in [1.807, 2.05) is 18.2 Å². The highest BCUT2D eigenvalue weighted by molar-refractivity contribution is 5.37. The van der Waals surface area contributed by atoms with Crippen molar-refractivity contribution in [3.63, 3.8) is 0 Å². The minimum Gasteiger partial charge on any atom is -0.464 e. The van der Waals surface area contributed by atoms with Crippen LogP contribution in [0.3, 0.4) is 0 Å². The highest BCUT2D eigenvalue weighted by Gasteiger charge is 2.23. The van der Waals surface area contributed by atoms with E-state index in [0.29, 0.717) is 12.5 Å². The first-order valence-corrected chi connectivity index (χ1v) is 8.96. The predicted molar refractivity (Wildman–Crippen MR) is 99.2 cm³/mol. The Kier molecular flexibility index (Phi) is 6.60. The minimum absolute atomic E-state index is 0.0888. The second kappa shape index (κ2) is 9.35. The van der Waals surface area contributed by atoms with Gasteiger partial charge in [0, 0.05) is 45.1 Å². The summed E-state index contributed by atoms with van der Waals surface area (Å²) >= 11 is 0. The fourth-order valence-corrected chi connectivity index (χ4v) is 3.50. The van der Waals surface area contributed by atoms with E-state index in [1.54, 1.807) is 0 Å². The van der Waals surface area contributed by atoms with Crippen LogP contribution in [0.4, 0.5) is 0 Å². The summed E-state index contributed by atoms with van der Waals surface area (Å²) in [4.78, 5) is 13.4. The number of hydrogen-bond acceptors (Lipinski definition) is 4. The lowest BCUT2D eigenvalue weighted by atomic mass is 10.00. The summed E-state index contributed by atoms with van der Waals surface area (Å²) < 4.78 is 5.36. The number of nitrogens with one attached hydrogen (secondary N) is 1. The second-order valence-corrected chi connectivity index (χ2v) is 6.65. The summed E-state index contributed by atoms with van der Waals surface area (Å²) in [5.41, 5.74) is 2.54. The third-order valence-corrected chi connectivity index (χ3v) is 4.69. The number of piperazine rings is 1. The summed E-state index contributed by atoms with van der Waals surface area (Å²) in [5, 5.41) is 3.57. The topological polar surface area (TPSA) is 41.6 Å². The molecule has 2 aromatic rings. The van der Waals surface area contributed by atoms with Crippen molar-refractivity contribution in [2.45, 2.75) is 31.5 Å². The molecule has 0 saturated carbocycles. The molecule has 0 radical (unpaired) electrons. The third-order valence-electron chi connectivity index (χ3n) is 4.69. The van der Waals surface area contributed by atoms with E-state index < -0.39 is 0 Å². The number of ether oxygens (including phenoxy) is 1. The van der Waals surface area contributed by atoms with Gasteiger partial charge in [0.1, 0.15) is 6.10 Å². The van der Waals surface area contributed by atoms with Crippen molar-refractivity contribution in [2.75, 3.05) is 19.6 Å². The fourth-order valence-electron chi connectivity index (χ4n) is 3.50. The molecule has 1 aliphatic heterocycles. The molecule has 0 aliphatic carbocycles. The van der Waals surface area contributed by atoms with Crippen molar-refractivity contribution in [1.29, 1.82) is 0 Å². The molecule has 0 aromatic heterocycles. The quantitative estimate of drug-likeness (QED) is 0.752. The van der Waals surface area contributed by atoms with Gasteiger partial charge in [-0.2, -0.15) is 0 Å². The lowest BCUT2D eigenvalue weighted by Gasteiger charge is -2.35. The van der Waals surface area contributed by atoms with E-state index in [4.69, 9.17) is 4.74 Å². The smallest absolute Gasteiger partial charge is 0.293 e. The molecule has 4 nitrogen and oxygen atoms in total. The lowest BCUT2D eigenvalue weighted by molar-refractivity contribution is -0.134. The molecule has 2 unspecified atom stereocenters. The second-order valence-electron chi connectivity index (χ2n) is 6.65. The molecule has 1 N–H and O–H groups in total. The van der Waals surface area contributed by atoms with Gasteiger partial charge in [0.05, 0.1) is 0 Å². The summed E-state index contributed by atoms with van der Waals surface area (Å²) in [6.07, 6.45) is 1.50. The molecule has 4 heteroatoms. The molecule has 2 atom stereocenters. The molecule has 2 aromatic carbocycles. The van der Waals surface area contributed by atoms with Crippen LogP contribution < -0.4 is 5.32 Å². The first-order valence-electron chi connectivity index (χ1n) is 8.96. The predicted octanol–water partition coefficient (Wildman–Crippen LogP) is 2.63. The Hall–Kier alpha value is -2.17. The third kappa shape index (κ3) is 5.69. The van der Waals surface area contributed by atoms with E-state index in [0.717, 1.165) is 39.0 Å². The number of carbonyl (C=O) groups is 1. The Labute approximate surface area is 149 Å². The first-order chi connectivity index (χ1) is 12.3. The van der Waals surface area contributed by atoms with Gasteiger partial charge in [-0.15, -0.1) is 0 Å². The van der Waals surface area contributed by atoms with Crippen LogP contribution in [0.25, 0.3) is 0 Å². The number of rotatable bonds is 8. The minimum atomic E-state index is -0.0888. The van der Waals surface area contributed by atoms with Crippen LogP contribution >= 0.6 is 0 Å². The van der Waals surface area contributed by atoms with Gasteiger partial charge >= 0.3 is 0 Å².